The largest absolute Gasteiger partial charge is 0.505 e. The second-order valence-corrected chi connectivity index (χ2v) is 6.05. The van der Waals surface area contributed by atoms with Gasteiger partial charge in [-0.1, -0.05) is 36.4 Å². The number of benzene rings is 2. The van der Waals surface area contributed by atoms with E-state index in [0.29, 0.717) is 16.6 Å². The average Bonchev–Trinajstić information content (AvgIpc) is 2.69. The number of aromatic nitrogens is 2. The van der Waals surface area contributed by atoms with Gasteiger partial charge in [-0.2, -0.15) is 0 Å². The summed E-state index contributed by atoms with van der Waals surface area (Å²) in [5.41, 5.74) is 1.16. The van der Waals surface area contributed by atoms with E-state index in [9.17, 15) is 14.6 Å². The molecule has 0 spiro atoms. The summed E-state index contributed by atoms with van der Waals surface area (Å²) < 4.78 is 14.6. The summed E-state index contributed by atoms with van der Waals surface area (Å²) in [5.74, 6) is -0.376. The van der Waals surface area contributed by atoms with Gasteiger partial charge in [0.05, 0.1) is 6.04 Å². The molecule has 2 heterocycles. The number of phenolic OH excluding ortho intramolecular Hbond substituents is 1. The summed E-state index contributed by atoms with van der Waals surface area (Å²) in [6.07, 6.45) is 3.10. The van der Waals surface area contributed by atoms with Crippen LogP contribution in [-0.4, -0.2) is 20.2 Å². The van der Waals surface area contributed by atoms with Crippen LogP contribution < -0.4 is 5.32 Å². The quantitative estimate of drug-likeness (QED) is 0.503. The number of rotatable bonds is 4. The maximum Gasteiger partial charge on any atom is 0.169 e. The molecular weight excluding hydrogens is 345 g/mol. The van der Waals surface area contributed by atoms with Gasteiger partial charge in [0.2, 0.25) is 0 Å². The number of nitrogens with zero attached hydrogens (tertiary/aromatic N) is 2. The van der Waals surface area contributed by atoms with Crippen LogP contribution in [0.5, 0.6) is 11.5 Å². The van der Waals surface area contributed by atoms with Crippen molar-refractivity contribution in [3.8, 4) is 11.5 Å². The van der Waals surface area contributed by atoms with Crippen molar-refractivity contribution in [2.75, 3.05) is 5.32 Å². The summed E-state index contributed by atoms with van der Waals surface area (Å²) >= 11 is 0. The first kappa shape index (κ1) is 16.8. The molecule has 0 amide bonds. The first-order valence-corrected chi connectivity index (χ1v) is 8.36. The zero-order valence-electron chi connectivity index (χ0n) is 14.2. The standard InChI is InChI=1S/C21H16FN3O2/c22-16-7-2-1-6-14(16)19(25-21-17(26)8-4-12-24-21)15-10-9-13-5-3-11-23-18(13)20(15)27/h1-12,19,26-27H,(H,24,25)/t19-/m0/s1. The molecule has 0 unspecified atom stereocenters. The van der Waals surface area contributed by atoms with Crippen LogP contribution in [0.4, 0.5) is 10.2 Å². The molecule has 5 nitrogen and oxygen atoms in total. The lowest BCUT2D eigenvalue weighted by Gasteiger charge is -2.22. The third-order valence-electron chi connectivity index (χ3n) is 4.37. The predicted molar refractivity (Wildman–Crippen MR) is 101 cm³/mol. The van der Waals surface area contributed by atoms with Gasteiger partial charge in [0.15, 0.2) is 11.6 Å². The molecule has 134 valence electrons. The van der Waals surface area contributed by atoms with Crippen LogP contribution in [0.25, 0.3) is 10.9 Å². The van der Waals surface area contributed by atoms with Crippen molar-refractivity contribution in [1.29, 1.82) is 0 Å². The number of nitrogens with one attached hydrogen (secondary N) is 1. The third kappa shape index (κ3) is 3.13. The number of halogens is 1. The van der Waals surface area contributed by atoms with E-state index in [1.165, 1.54) is 18.3 Å². The highest BCUT2D eigenvalue weighted by molar-refractivity contribution is 5.86. The highest BCUT2D eigenvalue weighted by Gasteiger charge is 2.23. The number of phenols is 1. The Labute approximate surface area is 154 Å². The van der Waals surface area contributed by atoms with E-state index in [0.717, 1.165) is 5.39 Å². The van der Waals surface area contributed by atoms with Gasteiger partial charge in [0, 0.05) is 28.9 Å². The molecule has 0 saturated carbocycles. The van der Waals surface area contributed by atoms with Gasteiger partial charge >= 0.3 is 0 Å². The van der Waals surface area contributed by atoms with Crippen molar-refractivity contribution >= 4 is 16.7 Å². The lowest BCUT2D eigenvalue weighted by atomic mass is 9.95. The number of hydrogen-bond acceptors (Lipinski definition) is 5. The van der Waals surface area contributed by atoms with E-state index in [1.54, 1.807) is 42.6 Å². The average molecular weight is 361 g/mol. The molecule has 3 N–H and O–H groups in total. The lowest BCUT2D eigenvalue weighted by Crippen LogP contribution is -2.15. The van der Waals surface area contributed by atoms with E-state index < -0.39 is 11.9 Å². The number of anilines is 1. The molecular formula is C21H16FN3O2. The fourth-order valence-corrected chi connectivity index (χ4v) is 3.06. The molecule has 27 heavy (non-hydrogen) atoms. The number of hydrogen-bond donors (Lipinski definition) is 3. The number of pyridine rings is 2. The van der Waals surface area contributed by atoms with E-state index in [1.807, 2.05) is 12.1 Å². The van der Waals surface area contributed by atoms with E-state index >= 15 is 0 Å². The van der Waals surface area contributed by atoms with Crippen molar-refractivity contribution in [2.24, 2.45) is 0 Å². The smallest absolute Gasteiger partial charge is 0.169 e. The van der Waals surface area contributed by atoms with Gasteiger partial charge in [-0.05, 0) is 24.3 Å². The molecule has 2 aromatic heterocycles. The Hall–Kier alpha value is -3.67. The molecule has 4 aromatic rings. The second-order valence-electron chi connectivity index (χ2n) is 6.05. The molecule has 0 saturated heterocycles. The van der Waals surface area contributed by atoms with Crippen LogP contribution in [0.1, 0.15) is 17.2 Å². The number of fused-ring (bicyclic) bond motifs is 1. The maximum atomic E-state index is 14.6. The van der Waals surface area contributed by atoms with Crippen LogP contribution >= 0.6 is 0 Å². The molecule has 4 rings (SSSR count). The normalized spacial score (nSPS) is 12.0. The van der Waals surface area contributed by atoms with E-state index in [-0.39, 0.29) is 17.3 Å². The Kier molecular flexibility index (Phi) is 4.30. The van der Waals surface area contributed by atoms with Crippen molar-refractivity contribution < 1.29 is 14.6 Å². The topological polar surface area (TPSA) is 78.3 Å². The fourth-order valence-electron chi connectivity index (χ4n) is 3.06. The molecule has 0 fully saturated rings. The Morgan fingerprint density at radius 3 is 2.41 bits per heavy atom. The Bertz CT molecular complexity index is 1120. The molecule has 0 aliphatic heterocycles. The SMILES string of the molecule is Oc1cccnc1N[C@@H](c1ccccc1F)c1ccc2cccnc2c1O. The van der Waals surface area contributed by atoms with Crippen LogP contribution in [0.3, 0.4) is 0 Å². The van der Waals surface area contributed by atoms with E-state index in [2.05, 4.69) is 15.3 Å². The highest BCUT2D eigenvalue weighted by atomic mass is 19.1. The van der Waals surface area contributed by atoms with Gasteiger partial charge < -0.3 is 15.5 Å². The van der Waals surface area contributed by atoms with Gasteiger partial charge in [-0.25, -0.2) is 9.37 Å². The zero-order valence-corrected chi connectivity index (χ0v) is 14.2. The summed E-state index contributed by atoms with van der Waals surface area (Å²) in [7, 11) is 0. The van der Waals surface area contributed by atoms with Crippen molar-refractivity contribution in [3.05, 3.63) is 90.0 Å². The van der Waals surface area contributed by atoms with Crippen LogP contribution in [0.15, 0.2) is 73.1 Å². The summed E-state index contributed by atoms with van der Waals surface area (Å²) in [6.45, 7) is 0. The Morgan fingerprint density at radius 2 is 1.59 bits per heavy atom. The molecule has 0 radical (unpaired) electrons. The first-order valence-electron chi connectivity index (χ1n) is 8.36. The molecule has 0 bridgehead atoms. The fraction of sp³-hybridized carbons (Fsp3) is 0.0476. The molecule has 6 heteroatoms. The van der Waals surface area contributed by atoms with Gasteiger partial charge in [-0.3, -0.25) is 4.98 Å². The summed E-state index contributed by atoms with van der Waals surface area (Å²) in [5, 5.41) is 24.7. The highest BCUT2D eigenvalue weighted by Crippen LogP contribution is 2.38. The van der Waals surface area contributed by atoms with Crippen LogP contribution in [0, 0.1) is 5.82 Å². The van der Waals surface area contributed by atoms with Crippen LogP contribution in [-0.2, 0) is 0 Å². The Balaban J connectivity index is 1.89. The van der Waals surface area contributed by atoms with Crippen molar-refractivity contribution in [2.45, 2.75) is 6.04 Å². The molecule has 2 aromatic carbocycles. The molecule has 0 aliphatic carbocycles. The second kappa shape index (κ2) is 6.92. The third-order valence-corrected chi connectivity index (χ3v) is 4.37. The Morgan fingerprint density at radius 1 is 0.815 bits per heavy atom. The van der Waals surface area contributed by atoms with Gasteiger partial charge in [0.1, 0.15) is 17.1 Å². The van der Waals surface area contributed by atoms with Crippen molar-refractivity contribution in [3.63, 3.8) is 0 Å². The molecule has 1 atom stereocenters. The minimum atomic E-state index is -0.779. The van der Waals surface area contributed by atoms with E-state index in [4.69, 9.17) is 0 Å². The predicted octanol–water partition coefficient (Wildman–Crippen LogP) is 4.38. The monoisotopic (exact) mass is 361 g/mol. The lowest BCUT2D eigenvalue weighted by molar-refractivity contribution is 0.467. The van der Waals surface area contributed by atoms with Gasteiger partial charge in [0.25, 0.3) is 0 Å². The summed E-state index contributed by atoms with van der Waals surface area (Å²) in [6, 6.07) is 15.7. The minimum absolute atomic E-state index is 0.0516. The zero-order chi connectivity index (χ0) is 18.8. The molecule has 0 aliphatic rings. The van der Waals surface area contributed by atoms with Crippen LogP contribution in [0.2, 0.25) is 0 Å². The maximum absolute atomic E-state index is 14.6. The summed E-state index contributed by atoms with van der Waals surface area (Å²) in [4.78, 5) is 8.34. The minimum Gasteiger partial charge on any atom is -0.505 e. The first-order chi connectivity index (χ1) is 13.1. The van der Waals surface area contributed by atoms with Gasteiger partial charge in [-0.15, -0.1) is 0 Å². The van der Waals surface area contributed by atoms with Crippen molar-refractivity contribution in [1.82, 2.24) is 9.97 Å². The number of aromatic hydroxyl groups is 2.